The van der Waals surface area contributed by atoms with E-state index in [9.17, 15) is 0 Å². The molecule has 90 valence electrons. The van der Waals surface area contributed by atoms with Crippen molar-refractivity contribution in [1.82, 2.24) is 10.2 Å². The Hall–Kier alpha value is -0.0800. The third kappa shape index (κ3) is 3.76. The quantitative estimate of drug-likeness (QED) is 0.752. The van der Waals surface area contributed by atoms with Gasteiger partial charge in [0, 0.05) is 12.6 Å². The second-order valence-corrected chi connectivity index (χ2v) is 5.06. The lowest BCUT2D eigenvalue weighted by atomic mass is 9.78. The molecule has 0 spiro atoms. The predicted molar refractivity (Wildman–Crippen MR) is 67.1 cm³/mol. The Morgan fingerprint density at radius 1 is 1.20 bits per heavy atom. The lowest BCUT2D eigenvalue weighted by Gasteiger charge is -2.37. The van der Waals surface area contributed by atoms with Crippen LogP contribution in [0.5, 0.6) is 0 Å². The average molecular weight is 212 g/mol. The lowest BCUT2D eigenvalue weighted by Crippen LogP contribution is -2.44. The maximum Gasteiger partial charge on any atom is 0.0105 e. The molecular formula is C13H28N2. The minimum atomic E-state index is 0.752. The Kier molecular flexibility index (Phi) is 5.62. The molecular weight excluding hydrogens is 184 g/mol. The van der Waals surface area contributed by atoms with Crippen molar-refractivity contribution >= 4 is 0 Å². The van der Waals surface area contributed by atoms with E-state index >= 15 is 0 Å². The highest BCUT2D eigenvalue weighted by Crippen LogP contribution is 2.29. The van der Waals surface area contributed by atoms with Crippen molar-refractivity contribution in [3.8, 4) is 0 Å². The fraction of sp³-hybridized carbons (Fsp3) is 1.00. The summed E-state index contributed by atoms with van der Waals surface area (Å²) >= 11 is 0. The van der Waals surface area contributed by atoms with Gasteiger partial charge in [0.25, 0.3) is 0 Å². The van der Waals surface area contributed by atoms with E-state index in [4.69, 9.17) is 0 Å². The maximum atomic E-state index is 3.50. The van der Waals surface area contributed by atoms with Crippen LogP contribution in [0, 0.1) is 11.8 Å². The van der Waals surface area contributed by atoms with E-state index in [1.807, 2.05) is 0 Å². The maximum absolute atomic E-state index is 3.50. The number of hydrogen-bond acceptors (Lipinski definition) is 2. The van der Waals surface area contributed by atoms with Crippen LogP contribution in [0.4, 0.5) is 0 Å². The molecule has 0 saturated heterocycles. The van der Waals surface area contributed by atoms with Crippen LogP contribution in [0.2, 0.25) is 0 Å². The number of nitrogens with zero attached hydrogens (tertiary/aromatic N) is 1. The zero-order valence-corrected chi connectivity index (χ0v) is 10.9. The van der Waals surface area contributed by atoms with Crippen LogP contribution in [0.25, 0.3) is 0 Å². The second kappa shape index (κ2) is 6.49. The normalized spacial score (nSPS) is 32.2. The molecule has 2 heteroatoms. The molecule has 2 nitrogen and oxygen atoms in total. The first kappa shape index (κ1) is 13.0. The van der Waals surface area contributed by atoms with Crippen LogP contribution in [-0.4, -0.2) is 37.6 Å². The molecule has 0 bridgehead atoms. The first-order valence-electron chi connectivity index (χ1n) is 6.60. The van der Waals surface area contributed by atoms with Gasteiger partial charge in [-0.3, -0.25) is 0 Å². The molecule has 1 N–H and O–H groups in total. The zero-order chi connectivity index (χ0) is 11.3. The number of nitrogens with one attached hydrogen (secondary N) is 1. The summed E-state index contributed by atoms with van der Waals surface area (Å²) in [5.74, 6) is 1.79. The van der Waals surface area contributed by atoms with Gasteiger partial charge in [-0.2, -0.15) is 0 Å². The van der Waals surface area contributed by atoms with Gasteiger partial charge in [0.2, 0.25) is 0 Å². The van der Waals surface area contributed by atoms with Crippen LogP contribution in [0.15, 0.2) is 0 Å². The highest BCUT2D eigenvalue weighted by atomic mass is 15.1. The highest BCUT2D eigenvalue weighted by Gasteiger charge is 2.28. The van der Waals surface area contributed by atoms with Gasteiger partial charge in [-0.1, -0.05) is 20.8 Å². The van der Waals surface area contributed by atoms with Gasteiger partial charge >= 0.3 is 0 Å². The van der Waals surface area contributed by atoms with Crippen LogP contribution < -0.4 is 5.32 Å². The minimum absolute atomic E-state index is 0.752. The van der Waals surface area contributed by atoms with E-state index in [0.717, 1.165) is 17.9 Å². The highest BCUT2D eigenvalue weighted by molar-refractivity contribution is 4.84. The molecule has 0 aromatic carbocycles. The summed E-state index contributed by atoms with van der Waals surface area (Å²) in [4.78, 5) is 2.56. The van der Waals surface area contributed by atoms with E-state index in [1.54, 1.807) is 0 Å². The van der Waals surface area contributed by atoms with Gasteiger partial charge in [-0.25, -0.2) is 0 Å². The Morgan fingerprint density at radius 3 is 2.40 bits per heavy atom. The number of rotatable bonds is 5. The summed E-state index contributed by atoms with van der Waals surface area (Å²) in [6.45, 7) is 10.6. The Bertz CT molecular complexity index is 166. The van der Waals surface area contributed by atoms with Crippen LogP contribution in [0.3, 0.4) is 0 Å². The molecule has 3 unspecified atom stereocenters. The molecule has 0 radical (unpaired) electrons. The fourth-order valence-electron chi connectivity index (χ4n) is 2.89. The van der Waals surface area contributed by atoms with E-state index in [-0.39, 0.29) is 0 Å². The van der Waals surface area contributed by atoms with E-state index in [1.165, 1.54) is 38.9 Å². The molecule has 3 atom stereocenters. The first-order chi connectivity index (χ1) is 7.21. The molecule has 1 fully saturated rings. The molecule has 0 heterocycles. The third-order valence-electron chi connectivity index (χ3n) is 4.00. The average Bonchev–Trinajstić information content (AvgIpc) is 2.26. The van der Waals surface area contributed by atoms with Crippen molar-refractivity contribution < 1.29 is 0 Å². The van der Waals surface area contributed by atoms with Crippen LogP contribution in [0.1, 0.15) is 40.0 Å². The second-order valence-electron chi connectivity index (χ2n) is 5.06. The Morgan fingerprint density at radius 2 is 1.87 bits per heavy atom. The molecule has 0 amide bonds. The van der Waals surface area contributed by atoms with Gasteiger partial charge in [-0.15, -0.1) is 0 Å². The van der Waals surface area contributed by atoms with Gasteiger partial charge < -0.3 is 10.2 Å². The minimum Gasteiger partial charge on any atom is -0.317 e. The molecule has 1 saturated carbocycles. The van der Waals surface area contributed by atoms with E-state index < -0.39 is 0 Å². The van der Waals surface area contributed by atoms with Crippen molar-refractivity contribution in [3.05, 3.63) is 0 Å². The van der Waals surface area contributed by atoms with Crippen molar-refractivity contribution in [3.63, 3.8) is 0 Å². The van der Waals surface area contributed by atoms with Crippen molar-refractivity contribution in [2.75, 3.05) is 26.7 Å². The van der Waals surface area contributed by atoms with E-state index in [0.29, 0.717) is 0 Å². The molecule has 1 rings (SSSR count). The Labute approximate surface area is 95.4 Å². The van der Waals surface area contributed by atoms with Gasteiger partial charge in [-0.05, 0) is 51.2 Å². The summed E-state index contributed by atoms with van der Waals surface area (Å²) in [5, 5.41) is 3.50. The van der Waals surface area contributed by atoms with Crippen molar-refractivity contribution in [2.45, 2.75) is 46.1 Å². The zero-order valence-electron chi connectivity index (χ0n) is 10.9. The molecule has 0 aromatic heterocycles. The monoisotopic (exact) mass is 212 g/mol. The van der Waals surface area contributed by atoms with Crippen molar-refractivity contribution in [1.29, 1.82) is 0 Å². The summed E-state index contributed by atoms with van der Waals surface area (Å²) in [5.41, 5.74) is 0. The first-order valence-corrected chi connectivity index (χ1v) is 6.60. The fourth-order valence-corrected chi connectivity index (χ4v) is 2.89. The largest absolute Gasteiger partial charge is 0.317 e. The third-order valence-corrected chi connectivity index (χ3v) is 4.00. The van der Waals surface area contributed by atoms with Crippen LogP contribution in [-0.2, 0) is 0 Å². The van der Waals surface area contributed by atoms with E-state index in [2.05, 4.69) is 38.0 Å². The summed E-state index contributed by atoms with van der Waals surface area (Å²) < 4.78 is 0. The van der Waals surface area contributed by atoms with Gasteiger partial charge in [0.1, 0.15) is 0 Å². The topological polar surface area (TPSA) is 15.3 Å². The molecule has 1 aliphatic rings. The smallest absolute Gasteiger partial charge is 0.0105 e. The Balaban J connectivity index is 2.47. The predicted octanol–water partition coefficient (Wildman–Crippen LogP) is 2.35. The number of hydrogen-bond donors (Lipinski definition) is 1. The summed E-state index contributed by atoms with van der Waals surface area (Å²) in [7, 11) is 2.12. The van der Waals surface area contributed by atoms with Gasteiger partial charge in [0.15, 0.2) is 0 Å². The summed E-state index contributed by atoms with van der Waals surface area (Å²) in [6, 6.07) is 0.752. The van der Waals surface area contributed by atoms with Crippen LogP contribution >= 0.6 is 0 Å². The molecule has 0 aromatic rings. The summed E-state index contributed by atoms with van der Waals surface area (Å²) in [6.07, 6.45) is 4.17. The molecule has 15 heavy (non-hydrogen) atoms. The standard InChI is InChI=1S/C13H28N2/c1-5-15(6-2)10-12-9-11(3)7-8-13(12)14-4/h11-14H,5-10H2,1-4H3. The molecule has 1 aliphatic carbocycles. The SMILES string of the molecule is CCN(CC)CC1CC(C)CCC1NC. The van der Waals surface area contributed by atoms with Gasteiger partial charge in [0.05, 0.1) is 0 Å². The molecule has 0 aliphatic heterocycles. The van der Waals surface area contributed by atoms with Crippen molar-refractivity contribution in [2.24, 2.45) is 11.8 Å². The lowest BCUT2D eigenvalue weighted by molar-refractivity contribution is 0.156.